The predicted octanol–water partition coefficient (Wildman–Crippen LogP) is 6.38. The third-order valence-corrected chi connectivity index (χ3v) is 8.27. The lowest BCUT2D eigenvalue weighted by atomic mass is 10.0. The van der Waals surface area contributed by atoms with Gasteiger partial charge in [0.25, 0.3) is 10.0 Å². The van der Waals surface area contributed by atoms with Crippen LogP contribution in [-0.2, 0) is 10.0 Å². The number of aliphatic hydroxyl groups excluding tert-OH is 1. The molecule has 1 unspecified atom stereocenters. The third kappa shape index (κ3) is 4.16. The molecule has 0 bridgehead atoms. The van der Waals surface area contributed by atoms with Gasteiger partial charge in [-0.1, -0.05) is 68.9 Å². The first-order chi connectivity index (χ1) is 15.5. The molecule has 2 N–H and O–H groups in total. The molecule has 0 aliphatic rings. The Morgan fingerprint density at radius 3 is 2.27 bits per heavy atom. The lowest BCUT2D eigenvalue weighted by molar-refractivity contribution is 0.0696. The normalized spacial score (nSPS) is 12.8. The van der Waals surface area contributed by atoms with Gasteiger partial charge < -0.3 is 10.2 Å². The van der Waals surface area contributed by atoms with Crippen LogP contribution in [0.1, 0.15) is 27.7 Å². The fourth-order valence-corrected chi connectivity index (χ4v) is 6.57. The number of benzene rings is 3. The number of carbonyl (C=O) groups is 1. The zero-order valence-corrected chi connectivity index (χ0v) is 21.0. The van der Waals surface area contributed by atoms with Gasteiger partial charge in [-0.2, -0.15) is 0 Å². The Morgan fingerprint density at radius 1 is 0.970 bits per heavy atom. The maximum Gasteiger partial charge on any atom is 0.337 e. The molecule has 4 rings (SSSR count). The molecule has 0 saturated carbocycles. The summed E-state index contributed by atoms with van der Waals surface area (Å²) in [4.78, 5) is 11.5. The van der Waals surface area contributed by atoms with Crippen LogP contribution in [0.25, 0.3) is 10.9 Å². The van der Waals surface area contributed by atoms with Crippen molar-refractivity contribution in [3.63, 3.8) is 0 Å². The van der Waals surface area contributed by atoms with E-state index in [4.69, 9.17) is 34.8 Å². The Kier molecular flexibility index (Phi) is 6.52. The van der Waals surface area contributed by atoms with Crippen molar-refractivity contribution in [2.24, 2.45) is 0 Å². The number of hydrogen-bond acceptors (Lipinski definition) is 4. The van der Waals surface area contributed by atoms with Crippen LogP contribution in [0.15, 0.2) is 70.0 Å². The van der Waals surface area contributed by atoms with E-state index >= 15 is 0 Å². The lowest BCUT2D eigenvalue weighted by Gasteiger charge is -2.19. The van der Waals surface area contributed by atoms with Crippen LogP contribution in [0.5, 0.6) is 0 Å². The smallest absolute Gasteiger partial charge is 0.337 e. The molecular formula is C22H13BrCl3NO5S. The zero-order chi connectivity index (χ0) is 24.1. The summed E-state index contributed by atoms with van der Waals surface area (Å²) >= 11 is 22.2. The van der Waals surface area contributed by atoms with Crippen LogP contribution in [0, 0.1) is 0 Å². The monoisotopic (exact) mass is 587 g/mol. The van der Waals surface area contributed by atoms with Gasteiger partial charge in [-0.15, -0.1) is 0 Å². The molecule has 33 heavy (non-hydrogen) atoms. The molecule has 3 aromatic carbocycles. The Labute approximate surface area is 212 Å². The van der Waals surface area contributed by atoms with E-state index in [0.29, 0.717) is 9.86 Å². The van der Waals surface area contributed by atoms with E-state index < -0.39 is 22.1 Å². The van der Waals surface area contributed by atoms with Crippen molar-refractivity contribution in [1.29, 1.82) is 0 Å². The van der Waals surface area contributed by atoms with Crippen molar-refractivity contribution >= 4 is 77.6 Å². The standard InChI is InChI=1S/C22H13BrCl3NO5S/c23-11-8-16(25)14-10-18(21(28)19-15(24)7-6-13(20(19)26)22(29)30)27(17(14)9-11)33(31,32)12-4-2-1-3-5-12/h1-10,21,28H,(H,29,30). The number of nitrogens with zero attached hydrogens (tertiary/aromatic N) is 1. The molecule has 0 aliphatic carbocycles. The highest BCUT2D eigenvalue weighted by molar-refractivity contribution is 9.10. The molecule has 6 nitrogen and oxygen atoms in total. The molecule has 170 valence electrons. The van der Waals surface area contributed by atoms with E-state index in [2.05, 4.69) is 15.9 Å². The van der Waals surface area contributed by atoms with Gasteiger partial charge in [0.2, 0.25) is 0 Å². The van der Waals surface area contributed by atoms with Crippen molar-refractivity contribution < 1.29 is 23.4 Å². The first-order valence-electron chi connectivity index (χ1n) is 9.24. The summed E-state index contributed by atoms with van der Waals surface area (Å²) in [5, 5.41) is 21.0. The second kappa shape index (κ2) is 8.94. The first-order valence-corrected chi connectivity index (χ1v) is 12.6. The molecule has 0 fully saturated rings. The topological polar surface area (TPSA) is 96.6 Å². The summed E-state index contributed by atoms with van der Waals surface area (Å²) in [5.41, 5.74) is -0.334. The molecule has 0 spiro atoms. The molecule has 0 saturated heterocycles. The number of rotatable bonds is 5. The van der Waals surface area contributed by atoms with Crippen molar-refractivity contribution in [1.82, 2.24) is 3.97 Å². The van der Waals surface area contributed by atoms with Crippen LogP contribution in [0.3, 0.4) is 0 Å². The highest BCUT2D eigenvalue weighted by atomic mass is 79.9. The zero-order valence-electron chi connectivity index (χ0n) is 16.3. The molecule has 1 aromatic heterocycles. The third-order valence-electron chi connectivity index (χ3n) is 5.01. The fraction of sp³-hybridized carbons (Fsp3) is 0.0455. The number of carboxylic acid groups (broad SMARTS) is 1. The van der Waals surface area contributed by atoms with Crippen LogP contribution < -0.4 is 0 Å². The number of fused-ring (bicyclic) bond motifs is 1. The molecule has 4 aromatic rings. The molecule has 0 amide bonds. The Morgan fingerprint density at radius 2 is 1.64 bits per heavy atom. The molecule has 11 heteroatoms. The van der Waals surface area contributed by atoms with Gasteiger partial charge in [-0.25, -0.2) is 17.2 Å². The summed E-state index contributed by atoms with van der Waals surface area (Å²) < 4.78 is 28.8. The summed E-state index contributed by atoms with van der Waals surface area (Å²) in [7, 11) is -4.22. The number of hydrogen-bond donors (Lipinski definition) is 2. The average molecular weight is 590 g/mol. The number of aromatic nitrogens is 1. The Bertz CT molecular complexity index is 1520. The van der Waals surface area contributed by atoms with Gasteiger partial charge in [-0.05, 0) is 42.5 Å². The average Bonchev–Trinajstić information content (AvgIpc) is 3.14. The van der Waals surface area contributed by atoms with Crippen LogP contribution >= 0.6 is 50.7 Å². The molecule has 1 atom stereocenters. The highest BCUT2D eigenvalue weighted by Crippen LogP contribution is 2.41. The van der Waals surface area contributed by atoms with Crippen molar-refractivity contribution in [2.45, 2.75) is 11.0 Å². The Balaban J connectivity index is 2.08. The fourth-order valence-electron chi connectivity index (χ4n) is 3.52. The highest BCUT2D eigenvalue weighted by Gasteiger charge is 2.31. The second-order valence-electron chi connectivity index (χ2n) is 7.00. The number of carboxylic acids is 1. The summed E-state index contributed by atoms with van der Waals surface area (Å²) in [6, 6.07) is 14.7. The maximum absolute atomic E-state index is 13.7. The second-order valence-corrected chi connectivity index (χ2v) is 10.9. The predicted molar refractivity (Wildman–Crippen MR) is 131 cm³/mol. The van der Waals surface area contributed by atoms with E-state index in [1.54, 1.807) is 30.3 Å². The molecule has 0 radical (unpaired) electrons. The summed E-state index contributed by atoms with van der Waals surface area (Å²) in [6.45, 7) is 0. The maximum atomic E-state index is 13.7. The van der Waals surface area contributed by atoms with Gasteiger partial charge in [0.05, 0.1) is 31.7 Å². The van der Waals surface area contributed by atoms with Gasteiger partial charge in [-0.3, -0.25) is 0 Å². The van der Waals surface area contributed by atoms with E-state index in [0.717, 1.165) is 3.97 Å². The molecule has 0 aliphatic heterocycles. The van der Waals surface area contributed by atoms with Crippen molar-refractivity contribution in [3.05, 3.63) is 97.0 Å². The van der Waals surface area contributed by atoms with E-state index in [9.17, 15) is 23.4 Å². The van der Waals surface area contributed by atoms with Gasteiger partial charge >= 0.3 is 5.97 Å². The lowest BCUT2D eigenvalue weighted by Crippen LogP contribution is -2.18. The van der Waals surface area contributed by atoms with Gasteiger partial charge in [0.15, 0.2) is 0 Å². The van der Waals surface area contributed by atoms with Gasteiger partial charge in [0.1, 0.15) is 6.10 Å². The van der Waals surface area contributed by atoms with E-state index in [1.165, 1.54) is 30.3 Å². The number of aromatic carboxylic acids is 1. The van der Waals surface area contributed by atoms with Crippen molar-refractivity contribution in [2.75, 3.05) is 0 Å². The molecular weight excluding hydrogens is 577 g/mol. The number of aliphatic hydroxyl groups is 1. The minimum absolute atomic E-state index is 0.0245. The quantitative estimate of drug-likeness (QED) is 0.282. The first kappa shape index (κ1) is 24.1. The van der Waals surface area contributed by atoms with E-state index in [-0.39, 0.29) is 42.3 Å². The Hall–Kier alpha value is -2.07. The molecule has 1 heterocycles. The summed E-state index contributed by atoms with van der Waals surface area (Å²) in [6.07, 6.45) is -1.69. The van der Waals surface area contributed by atoms with Crippen LogP contribution in [0.4, 0.5) is 0 Å². The minimum Gasteiger partial charge on any atom is -0.478 e. The van der Waals surface area contributed by atoms with Crippen LogP contribution in [-0.4, -0.2) is 28.6 Å². The minimum atomic E-state index is -4.22. The van der Waals surface area contributed by atoms with Gasteiger partial charge in [0, 0.05) is 20.4 Å². The van der Waals surface area contributed by atoms with Crippen molar-refractivity contribution in [3.8, 4) is 0 Å². The van der Waals surface area contributed by atoms with Crippen LogP contribution in [0.2, 0.25) is 15.1 Å². The van der Waals surface area contributed by atoms with E-state index in [1.807, 2.05) is 0 Å². The number of halogens is 4. The SMILES string of the molecule is O=C(O)c1ccc(Cl)c(C(O)c2cc3c(Cl)cc(Br)cc3n2S(=O)(=O)c2ccccc2)c1Cl. The summed E-state index contributed by atoms with van der Waals surface area (Å²) in [5.74, 6) is -1.32. The largest absolute Gasteiger partial charge is 0.478 e.